The molecule has 58 valence electrons. The Hall–Kier alpha value is -1.18. The highest BCUT2D eigenvalue weighted by molar-refractivity contribution is 5.58. The lowest BCUT2D eigenvalue weighted by molar-refractivity contribution is 0.357. The second-order valence-electron chi connectivity index (χ2n) is 2.63. The van der Waals surface area contributed by atoms with E-state index in [1.807, 2.05) is 19.2 Å². The molecule has 2 heteroatoms. The molecule has 1 aromatic rings. The molecule has 0 radical (unpaired) electrons. The van der Waals surface area contributed by atoms with Gasteiger partial charge in [0.25, 0.3) is 0 Å². The summed E-state index contributed by atoms with van der Waals surface area (Å²) >= 11 is 0. The first-order valence-electron chi connectivity index (χ1n) is 3.84. The summed E-state index contributed by atoms with van der Waals surface area (Å²) in [5.74, 6) is 1.04. The fourth-order valence-electron chi connectivity index (χ4n) is 1.46. The van der Waals surface area contributed by atoms with Crippen molar-refractivity contribution in [2.75, 3.05) is 19.0 Å². The van der Waals surface area contributed by atoms with E-state index in [0.717, 1.165) is 18.8 Å². The molecule has 0 saturated carbocycles. The maximum atomic E-state index is 5.40. The second-order valence-corrected chi connectivity index (χ2v) is 2.63. The summed E-state index contributed by atoms with van der Waals surface area (Å²) in [5.41, 5.74) is 2.51. The summed E-state index contributed by atoms with van der Waals surface area (Å²) < 4.78 is 5.40. The summed E-state index contributed by atoms with van der Waals surface area (Å²) in [5, 5.41) is 3.15. The molecule has 0 fully saturated rings. The van der Waals surface area contributed by atoms with Gasteiger partial charge in [-0.15, -0.1) is 0 Å². The van der Waals surface area contributed by atoms with Crippen LogP contribution >= 0.6 is 0 Å². The fraction of sp³-hybridized carbons (Fsp3) is 0.333. The SMILES string of the molecule is CNc1cccc2c1CCO2. The Morgan fingerprint density at radius 1 is 1.45 bits per heavy atom. The van der Waals surface area contributed by atoms with Crippen molar-refractivity contribution < 1.29 is 4.74 Å². The zero-order valence-corrected chi connectivity index (χ0v) is 6.55. The zero-order valence-electron chi connectivity index (χ0n) is 6.55. The van der Waals surface area contributed by atoms with Crippen LogP contribution in [0.2, 0.25) is 0 Å². The minimum absolute atomic E-state index is 0.827. The third-order valence-corrected chi connectivity index (χ3v) is 2.01. The lowest BCUT2D eigenvalue weighted by Gasteiger charge is -2.04. The van der Waals surface area contributed by atoms with Gasteiger partial charge in [-0.3, -0.25) is 0 Å². The average Bonchev–Trinajstić information content (AvgIpc) is 2.50. The van der Waals surface area contributed by atoms with Crippen LogP contribution in [-0.2, 0) is 6.42 Å². The number of ether oxygens (including phenoxy) is 1. The molecule has 0 spiro atoms. The normalized spacial score (nSPS) is 13.9. The number of benzene rings is 1. The lowest BCUT2D eigenvalue weighted by Crippen LogP contribution is -1.92. The molecule has 0 aliphatic carbocycles. The fourth-order valence-corrected chi connectivity index (χ4v) is 1.46. The maximum Gasteiger partial charge on any atom is 0.124 e. The molecular weight excluding hydrogens is 138 g/mol. The van der Waals surface area contributed by atoms with Gasteiger partial charge in [0, 0.05) is 24.7 Å². The standard InChI is InChI=1S/C9H11NO/c1-10-8-3-2-4-9-7(8)5-6-11-9/h2-4,10H,5-6H2,1H3. The van der Waals surface area contributed by atoms with E-state index >= 15 is 0 Å². The minimum Gasteiger partial charge on any atom is -0.493 e. The van der Waals surface area contributed by atoms with Gasteiger partial charge in [0.2, 0.25) is 0 Å². The van der Waals surface area contributed by atoms with Crippen LogP contribution in [0, 0.1) is 0 Å². The first-order valence-corrected chi connectivity index (χ1v) is 3.84. The minimum atomic E-state index is 0.827. The average molecular weight is 149 g/mol. The van der Waals surface area contributed by atoms with Crippen LogP contribution < -0.4 is 10.1 Å². The van der Waals surface area contributed by atoms with Crippen molar-refractivity contribution in [1.82, 2.24) is 0 Å². The van der Waals surface area contributed by atoms with E-state index in [2.05, 4.69) is 11.4 Å². The van der Waals surface area contributed by atoms with Gasteiger partial charge in [-0.2, -0.15) is 0 Å². The van der Waals surface area contributed by atoms with Crippen LogP contribution in [0.5, 0.6) is 5.75 Å². The molecule has 1 aromatic carbocycles. The lowest BCUT2D eigenvalue weighted by atomic mass is 10.1. The Kier molecular flexibility index (Phi) is 1.46. The highest BCUT2D eigenvalue weighted by Crippen LogP contribution is 2.30. The first-order chi connectivity index (χ1) is 5.42. The molecule has 0 amide bonds. The number of fused-ring (bicyclic) bond motifs is 1. The Balaban J connectivity index is 2.50. The smallest absolute Gasteiger partial charge is 0.124 e. The summed E-state index contributed by atoms with van der Waals surface area (Å²) in [6.45, 7) is 0.827. The van der Waals surface area contributed by atoms with E-state index < -0.39 is 0 Å². The highest BCUT2D eigenvalue weighted by atomic mass is 16.5. The van der Waals surface area contributed by atoms with Crippen LogP contribution in [0.3, 0.4) is 0 Å². The molecule has 0 saturated heterocycles. The summed E-state index contributed by atoms with van der Waals surface area (Å²) in [6, 6.07) is 6.10. The maximum absolute atomic E-state index is 5.40. The molecule has 0 bridgehead atoms. The van der Waals surface area contributed by atoms with Crippen LogP contribution in [0.1, 0.15) is 5.56 Å². The number of nitrogens with one attached hydrogen (secondary N) is 1. The Morgan fingerprint density at radius 3 is 3.18 bits per heavy atom. The van der Waals surface area contributed by atoms with Crippen molar-refractivity contribution >= 4 is 5.69 Å². The molecular formula is C9H11NO. The molecule has 1 N–H and O–H groups in total. The quantitative estimate of drug-likeness (QED) is 0.655. The predicted molar refractivity (Wildman–Crippen MR) is 45.2 cm³/mol. The van der Waals surface area contributed by atoms with E-state index in [4.69, 9.17) is 4.74 Å². The van der Waals surface area contributed by atoms with Crippen molar-refractivity contribution in [2.24, 2.45) is 0 Å². The van der Waals surface area contributed by atoms with E-state index in [9.17, 15) is 0 Å². The van der Waals surface area contributed by atoms with E-state index in [1.54, 1.807) is 0 Å². The third kappa shape index (κ3) is 0.946. The van der Waals surface area contributed by atoms with Gasteiger partial charge in [0.1, 0.15) is 5.75 Å². The zero-order chi connectivity index (χ0) is 7.68. The van der Waals surface area contributed by atoms with Crippen molar-refractivity contribution in [3.63, 3.8) is 0 Å². The van der Waals surface area contributed by atoms with Crippen LogP contribution in [0.4, 0.5) is 5.69 Å². The summed E-state index contributed by atoms with van der Waals surface area (Å²) in [6.07, 6.45) is 1.03. The Labute approximate surface area is 66.2 Å². The van der Waals surface area contributed by atoms with E-state index in [-0.39, 0.29) is 0 Å². The Morgan fingerprint density at radius 2 is 2.36 bits per heavy atom. The molecule has 1 aliphatic rings. The molecule has 1 heterocycles. The number of rotatable bonds is 1. The molecule has 1 aliphatic heterocycles. The highest BCUT2D eigenvalue weighted by Gasteiger charge is 2.13. The first kappa shape index (κ1) is 6.53. The van der Waals surface area contributed by atoms with Gasteiger partial charge in [-0.1, -0.05) is 6.07 Å². The number of hydrogen-bond acceptors (Lipinski definition) is 2. The number of anilines is 1. The van der Waals surface area contributed by atoms with Crippen molar-refractivity contribution in [3.05, 3.63) is 23.8 Å². The van der Waals surface area contributed by atoms with Crippen LogP contribution in [0.25, 0.3) is 0 Å². The van der Waals surface area contributed by atoms with Gasteiger partial charge in [0.05, 0.1) is 6.61 Å². The van der Waals surface area contributed by atoms with Gasteiger partial charge in [-0.25, -0.2) is 0 Å². The summed E-state index contributed by atoms with van der Waals surface area (Å²) in [7, 11) is 1.94. The van der Waals surface area contributed by atoms with Gasteiger partial charge >= 0.3 is 0 Å². The van der Waals surface area contributed by atoms with E-state index in [0.29, 0.717) is 0 Å². The van der Waals surface area contributed by atoms with Crippen LogP contribution in [-0.4, -0.2) is 13.7 Å². The summed E-state index contributed by atoms with van der Waals surface area (Å²) in [4.78, 5) is 0. The Bertz CT molecular complexity index is 270. The largest absolute Gasteiger partial charge is 0.493 e. The van der Waals surface area contributed by atoms with Crippen molar-refractivity contribution in [3.8, 4) is 5.75 Å². The molecule has 2 nitrogen and oxygen atoms in total. The second kappa shape index (κ2) is 2.46. The van der Waals surface area contributed by atoms with Gasteiger partial charge < -0.3 is 10.1 Å². The van der Waals surface area contributed by atoms with E-state index in [1.165, 1.54) is 11.3 Å². The monoisotopic (exact) mass is 149 g/mol. The molecule has 11 heavy (non-hydrogen) atoms. The van der Waals surface area contributed by atoms with Gasteiger partial charge in [0.15, 0.2) is 0 Å². The van der Waals surface area contributed by atoms with Crippen molar-refractivity contribution in [1.29, 1.82) is 0 Å². The van der Waals surface area contributed by atoms with Crippen LogP contribution in [0.15, 0.2) is 18.2 Å². The predicted octanol–water partition coefficient (Wildman–Crippen LogP) is 1.66. The van der Waals surface area contributed by atoms with Gasteiger partial charge in [-0.05, 0) is 12.1 Å². The van der Waals surface area contributed by atoms with Crippen molar-refractivity contribution in [2.45, 2.75) is 6.42 Å². The molecule has 2 rings (SSSR count). The third-order valence-electron chi connectivity index (χ3n) is 2.01. The number of hydrogen-bond donors (Lipinski definition) is 1. The topological polar surface area (TPSA) is 21.3 Å². The molecule has 0 unspecified atom stereocenters. The molecule has 0 aromatic heterocycles. The molecule has 0 atom stereocenters.